The first-order valence-electron chi connectivity index (χ1n) is 6.24. The summed E-state index contributed by atoms with van der Waals surface area (Å²) in [4.78, 5) is 8.02. The van der Waals surface area contributed by atoms with Crippen molar-refractivity contribution in [3.05, 3.63) is 10.6 Å². The Balaban J connectivity index is 2.11. The van der Waals surface area contributed by atoms with Crippen molar-refractivity contribution >= 4 is 16.5 Å². The molecule has 5 nitrogen and oxygen atoms in total. The number of ether oxygens (including phenoxy) is 2. The van der Waals surface area contributed by atoms with E-state index in [1.165, 1.54) is 0 Å². The molecule has 2 heterocycles. The number of hydrogen-bond donors (Lipinski definition) is 1. The van der Waals surface area contributed by atoms with Gasteiger partial charge in [-0.15, -0.1) is 11.3 Å². The van der Waals surface area contributed by atoms with Crippen molar-refractivity contribution in [2.24, 2.45) is 5.73 Å². The highest BCUT2D eigenvalue weighted by atomic mass is 32.1. The van der Waals surface area contributed by atoms with Gasteiger partial charge >= 0.3 is 0 Å². The summed E-state index contributed by atoms with van der Waals surface area (Å²) in [5, 5.41) is 1.04. The number of nitrogens with two attached hydrogens (primary N) is 1. The molecule has 0 radical (unpaired) electrons. The summed E-state index contributed by atoms with van der Waals surface area (Å²) in [5.74, 6) is 0. The Hall–Kier alpha value is -0.690. The Bertz CT molecular complexity index is 377. The zero-order chi connectivity index (χ0) is 13.0. The summed E-state index contributed by atoms with van der Waals surface area (Å²) in [6.07, 6.45) is 2.13. The number of nitrogens with zero attached hydrogens (tertiary/aromatic N) is 2. The van der Waals surface area contributed by atoms with E-state index >= 15 is 0 Å². The molecule has 0 bridgehead atoms. The zero-order valence-electron chi connectivity index (χ0n) is 11.0. The number of hydrogen-bond acceptors (Lipinski definition) is 6. The fourth-order valence-electron chi connectivity index (χ4n) is 2.16. The fraction of sp³-hybridized carbons (Fsp3) is 0.750. The third-order valence-electron chi connectivity index (χ3n) is 3.27. The van der Waals surface area contributed by atoms with Gasteiger partial charge in [0.2, 0.25) is 0 Å². The quantitative estimate of drug-likeness (QED) is 0.876. The first-order chi connectivity index (χ1) is 8.76. The standard InChI is InChI=1S/C12H21N3O2S/c1-15(9-3-5-17-6-4-9)12-14-10(8-16-2)11(7-13)18-12/h9H,3-8,13H2,1-2H3. The van der Waals surface area contributed by atoms with Gasteiger partial charge in [-0.2, -0.15) is 0 Å². The predicted molar refractivity (Wildman–Crippen MR) is 73.0 cm³/mol. The molecule has 1 saturated heterocycles. The highest BCUT2D eigenvalue weighted by Crippen LogP contribution is 2.29. The van der Waals surface area contributed by atoms with Gasteiger partial charge in [0, 0.05) is 44.8 Å². The molecule has 0 spiro atoms. The lowest BCUT2D eigenvalue weighted by Crippen LogP contribution is -2.36. The van der Waals surface area contributed by atoms with E-state index in [-0.39, 0.29) is 0 Å². The van der Waals surface area contributed by atoms with Crippen molar-refractivity contribution < 1.29 is 9.47 Å². The molecular weight excluding hydrogens is 250 g/mol. The third kappa shape index (κ3) is 3.00. The molecule has 0 aromatic carbocycles. The molecule has 0 aliphatic carbocycles. The lowest BCUT2D eigenvalue weighted by atomic mass is 10.1. The van der Waals surface area contributed by atoms with Crippen molar-refractivity contribution in [1.29, 1.82) is 0 Å². The van der Waals surface area contributed by atoms with E-state index in [9.17, 15) is 0 Å². The normalized spacial score (nSPS) is 17.1. The molecular formula is C12H21N3O2S. The first-order valence-corrected chi connectivity index (χ1v) is 7.06. The van der Waals surface area contributed by atoms with E-state index in [1.807, 2.05) is 0 Å². The Kier molecular flexibility index (Phi) is 4.94. The van der Waals surface area contributed by atoms with Crippen LogP contribution in [0.25, 0.3) is 0 Å². The maximum Gasteiger partial charge on any atom is 0.185 e. The monoisotopic (exact) mass is 271 g/mol. The van der Waals surface area contributed by atoms with Crippen LogP contribution in [-0.2, 0) is 22.6 Å². The van der Waals surface area contributed by atoms with Gasteiger partial charge in [0.05, 0.1) is 12.3 Å². The van der Waals surface area contributed by atoms with Crippen LogP contribution >= 0.6 is 11.3 Å². The maximum atomic E-state index is 5.75. The fourth-order valence-corrected chi connectivity index (χ4v) is 3.13. The first kappa shape index (κ1) is 13.7. The Labute approximate surface area is 112 Å². The summed E-state index contributed by atoms with van der Waals surface area (Å²) in [6.45, 7) is 2.74. The van der Waals surface area contributed by atoms with Crippen LogP contribution in [0.15, 0.2) is 0 Å². The van der Waals surface area contributed by atoms with Crippen LogP contribution in [0.1, 0.15) is 23.4 Å². The average Bonchev–Trinajstić information content (AvgIpc) is 2.82. The van der Waals surface area contributed by atoms with Gasteiger partial charge in [0.1, 0.15) is 0 Å². The summed E-state index contributed by atoms with van der Waals surface area (Å²) in [5.41, 5.74) is 6.72. The zero-order valence-corrected chi connectivity index (χ0v) is 11.8. The summed E-state index contributed by atoms with van der Waals surface area (Å²) < 4.78 is 10.5. The van der Waals surface area contributed by atoms with Crippen molar-refractivity contribution in [3.8, 4) is 0 Å². The minimum absolute atomic E-state index is 0.519. The molecule has 1 aliphatic rings. The van der Waals surface area contributed by atoms with Crippen LogP contribution in [0.4, 0.5) is 5.13 Å². The molecule has 1 aromatic rings. The highest BCUT2D eigenvalue weighted by molar-refractivity contribution is 7.15. The van der Waals surface area contributed by atoms with Crippen LogP contribution in [0.5, 0.6) is 0 Å². The van der Waals surface area contributed by atoms with Crippen molar-refractivity contribution in [2.75, 3.05) is 32.3 Å². The molecule has 0 unspecified atom stereocenters. The van der Waals surface area contributed by atoms with E-state index in [4.69, 9.17) is 15.2 Å². The lowest BCUT2D eigenvalue weighted by Gasteiger charge is -2.30. The van der Waals surface area contributed by atoms with Gasteiger partial charge in [-0.05, 0) is 12.8 Å². The molecule has 1 aromatic heterocycles. The van der Waals surface area contributed by atoms with Crippen LogP contribution in [0, 0.1) is 0 Å². The van der Waals surface area contributed by atoms with Crippen LogP contribution in [0.3, 0.4) is 0 Å². The number of rotatable bonds is 5. The van der Waals surface area contributed by atoms with Gasteiger partial charge < -0.3 is 20.1 Å². The van der Waals surface area contributed by atoms with Crippen LogP contribution in [0.2, 0.25) is 0 Å². The molecule has 0 amide bonds. The Morgan fingerprint density at radius 2 is 2.22 bits per heavy atom. The molecule has 0 atom stereocenters. The van der Waals surface area contributed by atoms with Gasteiger partial charge in [-0.3, -0.25) is 0 Å². The smallest absolute Gasteiger partial charge is 0.185 e. The van der Waals surface area contributed by atoms with E-state index in [1.54, 1.807) is 18.4 Å². The largest absolute Gasteiger partial charge is 0.381 e. The van der Waals surface area contributed by atoms with Gasteiger partial charge in [-0.1, -0.05) is 0 Å². The third-order valence-corrected chi connectivity index (χ3v) is 4.48. The SMILES string of the molecule is COCc1nc(N(C)C2CCOCC2)sc1CN. The molecule has 2 rings (SSSR count). The average molecular weight is 271 g/mol. The van der Waals surface area contributed by atoms with Crippen LogP contribution < -0.4 is 10.6 Å². The second kappa shape index (κ2) is 6.47. The molecule has 1 fully saturated rings. The molecule has 0 saturated carbocycles. The highest BCUT2D eigenvalue weighted by Gasteiger charge is 2.22. The Morgan fingerprint density at radius 1 is 1.50 bits per heavy atom. The number of anilines is 1. The molecule has 18 heavy (non-hydrogen) atoms. The van der Waals surface area contributed by atoms with Crippen molar-refractivity contribution in [1.82, 2.24) is 4.98 Å². The summed E-state index contributed by atoms with van der Waals surface area (Å²) >= 11 is 1.67. The molecule has 1 aliphatic heterocycles. The minimum Gasteiger partial charge on any atom is -0.381 e. The Morgan fingerprint density at radius 3 is 2.83 bits per heavy atom. The van der Waals surface area contributed by atoms with Gasteiger partial charge in [0.25, 0.3) is 0 Å². The molecule has 2 N–H and O–H groups in total. The van der Waals surface area contributed by atoms with E-state index in [0.29, 0.717) is 19.2 Å². The van der Waals surface area contributed by atoms with E-state index < -0.39 is 0 Å². The predicted octanol–water partition coefficient (Wildman–Crippen LogP) is 1.36. The maximum absolute atomic E-state index is 5.75. The number of thiazole rings is 1. The summed E-state index contributed by atoms with van der Waals surface area (Å²) in [6, 6.07) is 0.519. The molecule has 6 heteroatoms. The second-order valence-electron chi connectivity index (χ2n) is 4.46. The van der Waals surface area contributed by atoms with E-state index in [0.717, 1.165) is 41.8 Å². The van der Waals surface area contributed by atoms with Crippen LogP contribution in [-0.4, -0.2) is 38.4 Å². The minimum atomic E-state index is 0.519. The van der Waals surface area contributed by atoms with Crippen molar-refractivity contribution in [2.45, 2.75) is 32.0 Å². The van der Waals surface area contributed by atoms with E-state index in [2.05, 4.69) is 16.9 Å². The number of aromatic nitrogens is 1. The van der Waals surface area contributed by atoms with Gasteiger partial charge in [0.15, 0.2) is 5.13 Å². The topological polar surface area (TPSA) is 60.6 Å². The summed E-state index contributed by atoms with van der Waals surface area (Å²) in [7, 11) is 3.78. The van der Waals surface area contributed by atoms with Crippen molar-refractivity contribution in [3.63, 3.8) is 0 Å². The number of methoxy groups -OCH3 is 1. The molecule has 102 valence electrons. The second-order valence-corrected chi connectivity index (χ2v) is 5.52. The van der Waals surface area contributed by atoms with Gasteiger partial charge in [-0.25, -0.2) is 4.98 Å². The lowest BCUT2D eigenvalue weighted by molar-refractivity contribution is 0.0854.